The van der Waals surface area contributed by atoms with Gasteiger partial charge in [-0.2, -0.15) is 0 Å². The van der Waals surface area contributed by atoms with E-state index >= 15 is 0 Å². The summed E-state index contributed by atoms with van der Waals surface area (Å²) in [5, 5.41) is 7.05. The SMILES string of the molecule is Cl.Cl.Fc1ccccc1C=CC1CC1NCC1CCNCC1. The lowest BCUT2D eigenvalue weighted by atomic mass is 9.98. The zero-order valence-corrected chi connectivity index (χ0v) is 14.3. The smallest absolute Gasteiger partial charge is 0.130 e. The Hall–Kier alpha value is -0.610. The molecule has 0 bridgehead atoms. The Morgan fingerprint density at radius 3 is 2.64 bits per heavy atom. The van der Waals surface area contributed by atoms with Gasteiger partial charge in [-0.3, -0.25) is 0 Å². The van der Waals surface area contributed by atoms with Gasteiger partial charge >= 0.3 is 0 Å². The minimum atomic E-state index is -0.136. The van der Waals surface area contributed by atoms with Gasteiger partial charge in [-0.1, -0.05) is 30.4 Å². The average molecular weight is 347 g/mol. The van der Waals surface area contributed by atoms with Gasteiger partial charge < -0.3 is 10.6 Å². The average Bonchev–Trinajstić information content (AvgIpc) is 3.24. The Kier molecular flexibility index (Phi) is 8.40. The third-order valence-electron chi connectivity index (χ3n) is 4.40. The molecule has 3 rings (SSSR count). The van der Waals surface area contributed by atoms with Crippen LogP contribution in [-0.4, -0.2) is 25.7 Å². The predicted octanol–water partition coefficient (Wildman–Crippen LogP) is 3.66. The maximum atomic E-state index is 13.5. The zero-order valence-electron chi connectivity index (χ0n) is 12.6. The molecule has 1 heterocycles. The Balaban J connectivity index is 0.00000121. The quantitative estimate of drug-likeness (QED) is 0.849. The van der Waals surface area contributed by atoms with Crippen LogP contribution in [0.25, 0.3) is 6.08 Å². The van der Waals surface area contributed by atoms with Crippen LogP contribution in [-0.2, 0) is 0 Å². The van der Waals surface area contributed by atoms with Gasteiger partial charge in [0.1, 0.15) is 5.82 Å². The maximum absolute atomic E-state index is 13.5. The third kappa shape index (κ3) is 5.54. The minimum absolute atomic E-state index is 0. The molecule has 0 aromatic heterocycles. The maximum Gasteiger partial charge on any atom is 0.130 e. The van der Waals surface area contributed by atoms with E-state index in [0.29, 0.717) is 17.5 Å². The van der Waals surface area contributed by atoms with Crippen molar-refractivity contribution in [3.63, 3.8) is 0 Å². The molecule has 5 heteroatoms. The van der Waals surface area contributed by atoms with Crippen molar-refractivity contribution in [2.45, 2.75) is 25.3 Å². The normalized spacial score (nSPS) is 24.6. The van der Waals surface area contributed by atoms with Crippen LogP contribution in [0, 0.1) is 17.7 Å². The van der Waals surface area contributed by atoms with E-state index in [0.717, 1.165) is 25.6 Å². The molecule has 2 unspecified atom stereocenters. The molecule has 1 aliphatic carbocycles. The van der Waals surface area contributed by atoms with E-state index < -0.39 is 0 Å². The lowest BCUT2D eigenvalue weighted by Gasteiger charge is -2.22. The number of nitrogens with one attached hydrogen (secondary N) is 2. The van der Waals surface area contributed by atoms with Crippen LogP contribution in [0.3, 0.4) is 0 Å². The first-order valence-electron chi connectivity index (χ1n) is 7.70. The first-order chi connectivity index (χ1) is 9.83. The van der Waals surface area contributed by atoms with E-state index in [4.69, 9.17) is 0 Å². The standard InChI is InChI=1S/C17H23FN2.2ClH/c18-16-4-2-1-3-14(16)5-6-15-11-17(15)20-12-13-7-9-19-10-8-13;;/h1-6,13,15,17,19-20H,7-12H2;2*1H. The highest BCUT2D eigenvalue weighted by molar-refractivity contribution is 5.85. The van der Waals surface area contributed by atoms with Gasteiger partial charge in [-0.15, -0.1) is 24.8 Å². The second-order valence-corrected chi connectivity index (χ2v) is 5.99. The second kappa shape index (κ2) is 9.51. The molecule has 0 radical (unpaired) electrons. The molecule has 1 aliphatic heterocycles. The van der Waals surface area contributed by atoms with E-state index in [1.165, 1.54) is 25.3 Å². The molecule has 22 heavy (non-hydrogen) atoms. The van der Waals surface area contributed by atoms with Crippen LogP contribution in [0.2, 0.25) is 0 Å². The van der Waals surface area contributed by atoms with Crippen molar-refractivity contribution >= 4 is 30.9 Å². The first kappa shape index (κ1) is 19.4. The fraction of sp³-hybridized carbons (Fsp3) is 0.529. The molecule has 2 fully saturated rings. The van der Waals surface area contributed by atoms with Gasteiger partial charge in [-0.05, 0) is 56.8 Å². The van der Waals surface area contributed by atoms with Gasteiger partial charge in [0.15, 0.2) is 0 Å². The van der Waals surface area contributed by atoms with E-state index in [-0.39, 0.29) is 30.6 Å². The lowest BCUT2D eigenvalue weighted by Crippen LogP contribution is -2.34. The van der Waals surface area contributed by atoms with Crippen LogP contribution in [0.4, 0.5) is 4.39 Å². The molecule has 1 aromatic rings. The molecular formula is C17H25Cl2FN2. The van der Waals surface area contributed by atoms with Crippen LogP contribution >= 0.6 is 24.8 Å². The van der Waals surface area contributed by atoms with Gasteiger partial charge in [0, 0.05) is 11.6 Å². The van der Waals surface area contributed by atoms with Crippen LogP contribution in [0.5, 0.6) is 0 Å². The topological polar surface area (TPSA) is 24.1 Å². The van der Waals surface area contributed by atoms with E-state index in [9.17, 15) is 4.39 Å². The van der Waals surface area contributed by atoms with Crippen LogP contribution in [0.15, 0.2) is 30.3 Å². The van der Waals surface area contributed by atoms with Gasteiger partial charge in [0.25, 0.3) is 0 Å². The summed E-state index contributed by atoms with van der Waals surface area (Å²) in [5.41, 5.74) is 0.691. The first-order valence-corrected chi connectivity index (χ1v) is 7.70. The lowest BCUT2D eigenvalue weighted by molar-refractivity contribution is 0.355. The number of benzene rings is 1. The molecule has 0 amide bonds. The fourth-order valence-corrected chi connectivity index (χ4v) is 2.90. The van der Waals surface area contributed by atoms with Crippen molar-refractivity contribution in [1.29, 1.82) is 0 Å². The summed E-state index contributed by atoms with van der Waals surface area (Å²) >= 11 is 0. The zero-order chi connectivity index (χ0) is 13.8. The summed E-state index contributed by atoms with van der Waals surface area (Å²) in [7, 11) is 0. The number of piperidine rings is 1. The summed E-state index contributed by atoms with van der Waals surface area (Å²) in [6.45, 7) is 3.46. The van der Waals surface area contributed by atoms with Crippen LogP contribution < -0.4 is 10.6 Å². The van der Waals surface area contributed by atoms with E-state index in [1.807, 2.05) is 18.2 Å². The molecule has 2 aliphatic rings. The summed E-state index contributed by atoms with van der Waals surface area (Å²) in [6, 6.07) is 7.55. The molecular weight excluding hydrogens is 322 g/mol. The van der Waals surface area contributed by atoms with Gasteiger partial charge in [0.05, 0.1) is 0 Å². The van der Waals surface area contributed by atoms with Crippen molar-refractivity contribution < 1.29 is 4.39 Å². The fourth-order valence-electron chi connectivity index (χ4n) is 2.90. The molecule has 0 spiro atoms. The monoisotopic (exact) mass is 346 g/mol. The summed E-state index contributed by atoms with van der Waals surface area (Å²) in [5.74, 6) is 1.27. The highest BCUT2D eigenvalue weighted by Crippen LogP contribution is 2.32. The predicted molar refractivity (Wildman–Crippen MR) is 95.4 cm³/mol. The second-order valence-electron chi connectivity index (χ2n) is 5.99. The highest BCUT2D eigenvalue weighted by atomic mass is 35.5. The molecule has 124 valence electrons. The number of hydrogen-bond acceptors (Lipinski definition) is 2. The Morgan fingerprint density at radius 2 is 1.91 bits per heavy atom. The summed E-state index contributed by atoms with van der Waals surface area (Å²) in [6.07, 6.45) is 7.84. The van der Waals surface area contributed by atoms with Crippen molar-refractivity contribution in [1.82, 2.24) is 10.6 Å². The Bertz CT molecular complexity index is 475. The van der Waals surface area contributed by atoms with Crippen molar-refractivity contribution in [3.05, 3.63) is 41.7 Å². The molecule has 1 saturated heterocycles. The molecule has 2 nitrogen and oxygen atoms in total. The number of hydrogen-bond donors (Lipinski definition) is 2. The Morgan fingerprint density at radius 1 is 1.18 bits per heavy atom. The Labute approximate surface area is 144 Å². The minimum Gasteiger partial charge on any atom is -0.317 e. The van der Waals surface area contributed by atoms with E-state index in [2.05, 4.69) is 16.7 Å². The van der Waals surface area contributed by atoms with Crippen molar-refractivity contribution in [3.8, 4) is 0 Å². The summed E-state index contributed by atoms with van der Waals surface area (Å²) in [4.78, 5) is 0. The number of rotatable bonds is 5. The van der Waals surface area contributed by atoms with E-state index in [1.54, 1.807) is 6.07 Å². The van der Waals surface area contributed by atoms with Crippen molar-refractivity contribution in [2.75, 3.05) is 19.6 Å². The molecule has 1 aromatic carbocycles. The molecule has 1 saturated carbocycles. The van der Waals surface area contributed by atoms with Gasteiger partial charge in [0.2, 0.25) is 0 Å². The van der Waals surface area contributed by atoms with Crippen molar-refractivity contribution in [2.24, 2.45) is 11.8 Å². The largest absolute Gasteiger partial charge is 0.317 e. The van der Waals surface area contributed by atoms with Gasteiger partial charge in [-0.25, -0.2) is 4.39 Å². The molecule has 2 N–H and O–H groups in total. The highest BCUT2D eigenvalue weighted by Gasteiger charge is 2.34. The summed E-state index contributed by atoms with van der Waals surface area (Å²) < 4.78 is 13.5. The number of halogens is 3. The van der Waals surface area contributed by atoms with Crippen LogP contribution in [0.1, 0.15) is 24.8 Å². The third-order valence-corrected chi connectivity index (χ3v) is 4.40. The molecule has 2 atom stereocenters.